The summed E-state index contributed by atoms with van der Waals surface area (Å²) in [4.78, 5) is 0. The largest absolute Gasteiger partial charge is 0.508 e. The van der Waals surface area contributed by atoms with Gasteiger partial charge >= 0.3 is 0 Å². The molecule has 2 nitrogen and oxygen atoms in total. The molecule has 0 amide bonds. The zero-order valence-electron chi connectivity index (χ0n) is 9.47. The lowest BCUT2D eigenvalue weighted by Gasteiger charge is -2.09. The Balaban J connectivity index is 2.02. The molecule has 0 aromatic heterocycles. The highest BCUT2D eigenvalue weighted by Gasteiger charge is 2.24. The summed E-state index contributed by atoms with van der Waals surface area (Å²) < 4.78 is 5.26. The molecule has 3 rings (SSSR count). The number of phenols is 1. The van der Waals surface area contributed by atoms with Crippen molar-refractivity contribution in [2.24, 2.45) is 0 Å². The van der Waals surface area contributed by atoms with Crippen molar-refractivity contribution in [3.05, 3.63) is 54.1 Å². The number of rotatable bonds is 3. The molecule has 1 fully saturated rings. The number of epoxide rings is 1. The van der Waals surface area contributed by atoms with Gasteiger partial charge in [-0.1, -0.05) is 36.4 Å². The Labute approximate surface area is 100 Å². The molecule has 0 saturated carbocycles. The molecule has 0 spiro atoms. The maximum Gasteiger partial charge on any atom is 0.115 e. The average molecular weight is 226 g/mol. The molecule has 1 unspecified atom stereocenters. The van der Waals surface area contributed by atoms with Crippen molar-refractivity contribution in [2.45, 2.75) is 12.5 Å². The monoisotopic (exact) mass is 226 g/mol. The quantitative estimate of drug-likeness (QED) is 0.816. The maximum atomic E-state index is 9.58. The van der Waals surface area contributed by atoms with Crippen LogP contribution in [0.1, 0.15) is 5.56 Å². The van der Waals surface area contributed by atoms with Gasteiger partial charge in [-0.2, -0.15) is 0 Å². The summed E-state index contributed by atoms with van der Waals surface area (Å²) in [7, 11) is 0. The molecule has 2 aromatic rings. The molecular formula is C15H14O2. The van der Waals surface area contributed by atoms with Crippen molar-refractivity contribution < 1.29 is 9.84 Å². The Morgan fingerprint density at radius 3 is 2.59 bits per heavy atom. The zero-order chi connectivity index (χ0) is 11.7. The summed E-state index contributed by atoms with van der Waals surface area (Å²) in [6.45, 7) is 0.837. The molecule has 1 N–H and O–H groups in total. The Hall–Kier alpha value is -1.80. The molecule has 2 aromatic carbocycles. The highest BCUT2D eigenvalue weighted by Crippen LogP contribution is 2.29. The van der Waals surface area contributed by atoms with Gasteiger partial charge in [0.2, 0.25) is 0 Å². The minimum atomic E-state index is 0.320. The number of hydrogen-bond acceptors (Lipinski definition) is 2. The van der Waals surface area contributed by atoms with E-state index in [9.17, 15) is 5.11 Å². The minimum Gasteiger partial charge on any atom is -0.508 e. The van der Waals surface area contributed by atoms with Crippen LogP contribution in [0.15, 0.2) is 48.5 Å². The van der Waals surface area contributed by atoms with Gasteiger partial charge in [0.05, 0.1) is 12.7 Å². The number of aromatic hydroxyl groups is 1. The molecule has 2 heteroatoms. The lowest BCUT2D eigenvalue weighted by atomic mass is 9.96. The lowest BCUT2D eigenvalue weighted by Crippen LogP contribution is -1.96. The van der Waals surface area contributed by atoms with Crippen molar-refractivity contribution in [3.8, 4) is 16.9 Å². The second kappa shape index (κ2) is 4.22. The van der Waals surface area contributed by atoms with Crippen LogP contribution in [0, 0.1) is 0 Å². The van der Waals surface area contributed by atoms with E-state index in [1.54, 1.807) is 6.07 Å². The van der Waals surface area contributed by atoms with Crippen LogP contribution < -0.4 is 0 Å². The standard InChI is InChI=1S/C15H14O2/c16-13-6-7-15(11-4-2-1-3-5-11)12(8-13)9-14-10-17-14/h1-8,14,16H,9-10H2. The first-order chi connectivity index (χ1) is 8.33. The smallest absolute Gasteiger partial charge is 0.115 e. The predicted molar refractivity (Wildman–Crippen MR) is 67.0 cm³/mol. The first kappa shape index (κ1) is 10.4. The van der Waals surface area contributed by atoms with Crippen molar-refractivity contribution in [3.63, 3.8) is 0 Å². The number of ether oxygens (including phenoxy) is 1. The maximum absolute atomic E-state index is 9.58. The fraction of sp³-hybridized carbons (Fsp3) is 0.200. The van der Waals surface area contributed by atoms with Crippen molar-refractivity contribution in [2.75, 3.05) is 6.61 Å². The third-order valence-electron chi connectivity index (χ3n) is 3.02. The van der Waals surface area contributed by atoms with Gasteiger partial charge in [0, 0.05) is 6.42 Å². The van der Waals surface area contributed by atoms with E-state index >= 15 is 0 Å². The predicted octanol–water partition coefficient (Wildman–Crippen LogP) is 3.00. The molecule has 86 valence electrons. The Bertz CT molecular complexity index is 516. The van der Waals surface area contributed by atoms with Crippen molar-refractivity contribution in [1.29, 1.82) is 0 Å². The molecule has 0 radical (unpaired) electrons. The van der Waals surface area contributed by atoms with Gasteiger partial charge in [0.25, 0.3) is 0 Å². The van der Waals surface area contributed by atoms with Crippen LogP contribution in [0.3, 0.4) is 0 Å². The average Bonchev–Trinajstić information content (AvgIpc) is 3.14. The molecule has 1 atom stereocenters. The summed E-state index contributed by atoms with van der Waals surface area (Å²) in [5, 5.41) is 9.58. The number of hydrogen-bond donors (Lipinski definition) is 1. The van der Waals surface area contributed by atoms with E-state index < -0.39 is 0 Å². The van der Waals surface area contributed by atoms with Gasteiger partial charge in [0.15, 0.2) is 0 Å². The normalized spacial score (nSPS) is 18.0. The van der Waals surface area contributed by atoms with E-state index in [-0.39, 0.29) is 0 Å². The van der Waals surface area contributed by atoms with Gasteiger partial charge in [0.1, 0.15) is 5.75 Å². The minimum absolute atomic E-state index is 0.320. The van der Waals surface area contributed by atoms with Gasteiger partial charge in [-0.3, -0.25) is 0 Å². The van der Waals surface area contributed by atoms with Crippen LogP contribution in [0.2, 0.25) is 0 Å². The van der Waals surface area contributed by atoms with Crippen LogP contribution in [0.5, 0.6) is 5.75 Å². The summed E-state index contributed by atoms with van der Waals surface area (Å²) in [6, 6.07) is 15.8. The first-order valence-electron chi connectivity index (χ1n) is 5.82. The van der Waals surface area contributed by atoms with Crippen LogP contribution >= 0.6 is 0 Å². The van der Waals surface area contributed by atoms with E-state index in [0.29, 0.717) is 11.9 Å². The van der Waals surface area contributed by atoms with Gasteiger partial charge in [-0.05, 0) is 28.8 Å². The second-order valence-electron chi connectivity index (χ2n) is 4.37. The fourth-order valence-electron chi connectivity index (χ4n) is 2.08. The topological polar surface area (TPSA) is 32.8 Å². The Morgan fingerprint density at radius 2 is 1.88 bits per heavy atom. The number of benzene rings is 2. The van der Waals surface area contributed by atoms with E-state index in [2.05, 4.69) is 12.1 Å². The summed E-state index contributed by atoms with van der Waals surface area (Å²) in [6.07, 6.45) is 1.21. The van der Waals surface area contributed by atoms with Crippen molar-refractivity contribution >= 4 is 0 Å². The molecular weight excluding hydrogens is 212 g/mol. The van der Waals surface area contributed by atoms with Crippen LogP contribution in [-0.4, -0.2) is 17.8 Å². The molecule has 1 heterocycles. The van der Waals surface area contributed by atoms with E-state index in [4.69, 9.17) is 4.74 Å². The molecule has 0 bridgehead atoms. The third-order valence-corrected chi connectivity index (χ3v) is 3.02. The van der Waals surface area contributed by atoms with Crippen molar-refractivity contribution in [1.82, 2.24) is 0 Å². The van der Waals surface area contributed by atoms with E-state index in [1.165, 1.54) is 11.1 Å². The molecule has 0 aliphatic carbocycles. The van der Waals surface area contributed by atoms with Crippen LogP contribution in [-0.2, 0) is 11.2 Å². The lowest BCUT2D eigenvalue weighted by molar-refractivity contribution is 0.407. The summed E-state index contributed by atoms with van der Waals surface area (Å²) in [5.41, 5.74) is 3.51. The SMILES string of the molecule is Oc1ccc(-c2ccccc2)c(CC2CO2)c1. The molecule has 1 aliphatic heterocycles. The Kier molecular flexibility index (Phi) is 2.57. The van der Waals surface area contributed by atoms with E-state index in [0.717, 1.165) is 18.6 Å². The van der Waals surface area contributed by atoms with E-state index in [1.807, 2.05) is 30.3 Å². The fourth-order valence-corrected chi connectivity index (χ4v) is 2.08. The highest BCUT2D eigenvalue weighted by molar-refractivity contribution is 5.68. The summed E-state index contributed by atoms with van der Waals surface area (Å²) >= 11 is 0. The summed E-state index contributed by atoms with van der Waals surface area (Å²) in [5.74, 6) is 0.320. The third kappa shape index (κ3) is 2.32. The molecule has 1 aliphatic rings. The highest BCUT2D eigenvalue weighted by atomic mass is 16.6. The van der Waals surface area contributed by atoms with Crippen LogP contribution in [0.25, 0.3) is 11.1 Å². The molecule has 17 heavy (non-hydrogen) atoms. The molecule has 1 saturated heterocycles. The first-order valence-corrected chi connectivity index (χ1v) is 5.82. The zero-order valence-corrected chi connectivity index (χ0v) is 9.47. The van der Waals surface area contributed by atoms with Crippen LogP contribution in [0.4, 0.5) is 0 Å². The number of phenolic OH excluding ortho intramolecular Hbond substituents is 1. The van der Waals surface area contributed by atoms with Gasteiger partial charge in [-0.15, -0.1) is 0 Å². The van der Waals surface area contributed by atoms with Gasteiger partial charge < -0.3 is 9.84 Å². The Morgan fingerprint density at radius 1 is 1.12 bits per heavy atom. The second-order valence-corrected chi connectivity index (χ2v) is 4.37. The van der Waals surface area contributed by atoms with Gasteiger partial charge in [-0.25, -0.2) is 0 Å².